The van der Waals surface area contributed by atoms with Gasteiger partial charge >= 0.3 is 5.97 Å². The van der Waals surface area contributed by atoms with Crippen LogP contribution in [-0.2, 0) is 19.1 Å². The Morgan fingerprint density at radius 3 is 2.50 bits per heavy atom. The Kier molecular flexibility index (Phi) is 6.21. The van der Waals surface area contributed by atoms with E-state index in [1.54, 1.807) is 24.3 Å². The fourth-order valence-electron chi connectivity index (χ4n) is 3.54. The molecule has 0 aliphatic heterocycles. The standard InChI is InChI=1S/C21H28N2O5/c1-14-8-10-21(11-9-14,20(26)27-2)23-18(24)13-28-17-5-3-4-16(12-17)22-19(25)15-6-7-15/h3-5,12,14-15H,6-11,13H2,1-2H3,(H,22,25)(H,23,24). The molecule has 0 atom stereocenters. The molecule has 152 valence electrons. The van der Waals surface area contributed by atoms with Gasteiger partial charge in [0.1, 0.15) is 11.3 Å². The number of carbonyl (C=O) groups is 3. The summed E-state index contributed by atoms with van der Waals surface area (Å²) in [6.07, 6.45) is 4.72. The molecule has 7 nitrogen and oxygen atoms in total. The molecular weight excluding hydrogens is 360 g/mol. The Morgan fingerprint density at radius 2 is 1.86 bits per heavy atom. The Hall–Kier alpha value is -2.57. The van der Waals surface area contributed by atoms with Gasteiger partial charge in [-0.05, 0) is 56.6 Å². The molecule has 2 aliphatic carbocycles. The third kappa shape index (κ3) is 5.03. The summed E-state index contributed by atoms with van der Waals surface area (Å²) >= 11 is 0. The van der Waals surface area contributed by atoms with Gasteiger partial charge in [0.2, 0.25) is 5.91 Å². The van der Waals surface area contributed by atoms with Crippen LogP contribution in [0.1, 0.15) is 45.4 Å². The second-order valence-corrected chi connectivity index (χ2v) is 7.88. The monoisotopic (exact) mass is 388 g/mol. The quantitative estimate of drug-likeness (QED) is 0.701. The first-order valence-electron chi connectivity index (χ1n) is 9.85. The second-order valence-electron chi connectivity index (χ2n) is 7.88. The van der Waals surface area contributed by atoms with E-state index in [9.17, 15) is 14.4 Å². The van der Waals surface area contributed by atoms with Crippen LogP contribution in [0.2, 0.25) is 0 Å². The topological polar surface area (TPSA) is 93.7 Å². The summed E-state index contributed by atoms with van der Waals surface area (Å²) in [5.41, 5.74) is -0.330. The number of amides is 2. The van der Waals surface area contributed by atoms with Crippen LogP contribution >= 0.6 is 0 Å². The van der Waals surface area contributed by atoms with Crippen LogP contribution in [0.4, 0.5) is 5.69 Å². The Bertz CT molecular complexity index is 736. The highest BCUT2D eigenvalue weighted by Crippen LogP contribution is 2.33. The van der Waals surface area contributed by atoms with Gasteiger partial charge in [-0.2, -0.15) is 0 Å². The Labute approximate surface area is 165 Å². The number of benzene rings is 1. The lowest BCUT2D eigenvalue weighted by molar-refractivity contribution is -0.153. The van der Waals surface area contributed by atoms with Crippen molar-refractivity contribution in [2.75, 3.05) is 19.0 Å². The molecule has 0 aromatic heterocycles. The van der Waals surface area contributed by atoms with Gasteiger partial charge in [-0.3, -0.25) is 9.59 Å². The van der Waals surface area contributed by atoms with Crippen LogP contribution in [0.15, 0.2) is 24.3 Å². The molecule has 0 heterocycles. The van der Waals surface area contributed by atoms with Crippen molar-refractivity contribution in [3.8, 4) is 5.75 Å². The first-order chi connectivity index (χ1) is 13.4. The number of hydrogen-bond acceptors (Lipinski definition) is 5. The van der Waals surface area contributed by atoms with Gasteiger partial charge in [0.05, 0.1) is 7.11 Å². The van der Waals surface area contributed by atoms with E-state index in [2.05, 4.69) is 17.6 Å². The molecule has 0 saturated heterocycles. The molecule has 2 fully saturated rings. The van der Waals surface area contributed by atoms with Crippen molar-refractivity contribution in [1.29, 1.82) is 0 Å². The number of anilines is 1. The van der Waals surface area contributed by atoms with E-state index in [1.165, 1.54) is 7.11 Å². The molecule has 0 spiro atoms. The summed E-state index contributed by atoms with van der Waals surface area (Å²) in [5, 5.41) is 5.69. The van der Waals surface area contributed by atoms with Gasteiger partial charge in [0, 0.05) is 17.7 Å². The first-order valence-corrected chi connectivity index (χ1v) is 9.85. The van der Waals surface area contributed by atoms with Crippen molar-refractivity contribution >= 4 is 23.5 Å². The van der Waals surface area contributed by atoms with E-state index in [0.29, 0.717) is 30.2 Å². The summed E-state index contributed by atoms with van der Waals surface area (Å²) in [6, 6.07) is 6.95. The van der Waals surface area contributed by atoms with E-state index >= 15 is 0 Å². The zero-order chi connectivity index (χ0) is 20.1. The Balaban J connectivity index is 1.55. The zero-order valence-corrected chi connectivity index (χ0v) is 16.5. The van der Waals surface area contributed by atoms with Crippen molar-refractivity contribution in [3.63, 3.8) is 0 Å². The van der Waals surface area contributed by atoms with Crippen molar-refractivity contribution in [2.24, 2.45) is 11.8 Å². The summed E-state index contributed by atoms with van der Waals surface area (Å²) in [5.74, 6) is 0.363. The lowest BCUT2D eigenvalue weighted by atomic mass is 9.77. The van der Waals surface area contributed by atoms with Crippen LogP contribution in [0.25, 0.3) is 0 Å². The van der Waals surface area contributed by atoms with E-state index in [4.69, 9.17) is 9.47 Å². The average molecular weight is 388 g/mol. The van der Waals surface area contributed by atoms with Crippen LogP contribution in [0.3, 0.4) is 0 Å². The summed E-state index contributed by atoms with van der Waals surface area (Å²) in [7, 11) is 1.34. The third-order valence-electron chi connectivity index (χ3n) is 5.50. The van der Waals surface area contributed by atoms with Gasteiger partial charge in [-0.1, -0.05) is 13.0 Å². The third-order valence-corrected chi connectivity index (χ3v) is 5.50. The van der Waals surface area contributed by atoms with Crippen molar-refractivity contribution in [3.05, 3.63) is 24.3 Å². The maximum atomic E-state index is 12.4. The molecule has 0 bridgehead atoms. The van der Waals surface area contributed by atoms with E-state index in [0.717, 1.165) is 25.7 Å². The van der Waals surface area contributed by atoms with Gasteiger partial charge in [0.15, 0.2) is 6.61 Å². The molecule has 7 heteroatoms. The number of methoxy groups -OCH3 is 1. The van der Waals surface area contributed by atoms with Crippen molar-refractivity contribution in [1.82, 2.24) is 5.32 Å². The highest BCUT2D eigenvalue weighted by atomic mass is 16.5. The number of nitrogens with one attached hydrogen (secondary N) is 2. The number of hydrogen-bond donors (Lipinski definition) is 2. The summed E-state index contributed by atoms with van der Waals surface area (Å²) in [6.45, 7) is 1.93. The van der Waals surface area contributed by atoms with Crippen LogP contribution in [0.5, 0.6) is 5.75 Å². The van der Waals surface area contributed by atoms with Gasteiger partial charge < -0.3 is 20.1 Å². The minimum atomic E-state index is -0.970. The molecule has 2 amide bonds. The maximum absolute atomic E-state index is 12.4. The minimum absolute atomic E-state index is 0.0152. The molecule has 0 radical (unpaired) electrons. The molecule has 28 heavy (non-hydrogen) atoms. The molecule has 0 unspecified atom stereocenters. The highest BCUT2D eigenvalue weighted by Gasteiger charge is 2.43. The number of esters is 1. The molecule has 2 saturated carbocycles. The van der Waals surface area contributed by atoms with E-state index in [-0.39, 0.29) is 24.3 Å². The largest absolute Gasteiger partial charge is 0.484 e. The predicted molar refractivity (Wildman–Crippen MR) is 104 cm³/mol. The molecule has 3 rings (SSSR count). The van der Waals surface area contributed by atoms with Gasteiger partial charge in [-0.15, -0.1) is 0 Å². The number of carbonyl (C=O) groups excluding carboxylic acids is 3. The lowest BCUT2D eigenvalue weighted by Gasteiger charge is -2.37. The highest BCUT2D eigenvalue weighted by molar-refractivity contribution is 5.94. The predicted octanol–water partition coefficient (Wildman–Crippen LogP) is 2.65. The normalized spacial score (nSPS) is 24.1. The lowest BCUT2D eigenvalue weighted by Crippen LogP contribution is -2.57. The van der Waals surface area contributed by atoms with Crippen molar-refractivity contribution in [2.45, 2.75) is 51.0 Å². The van der Waals surface area contributed by atoms with Crippen LogP contribution in [0, 0.1) is 11.8 Å². The summed E-state index contributed by atoms with van der Waals surface area (Å²) < 4.78 is 10.5. The maximum Gasteiger partial charge on any atom is 0.331 e. The fourth-order valence-corrected chi connectivity index (χ4v) is 3.54. The Morgan fingerprint density at radius 1 is 1.14 bits per heavy atom. The molecule has 2 N–H and O–H groups in total. The smallest absolute Gasteiger partial charge is 0.331 e. The SMILES string of the molecule is COC(=O)C1(NC(=O)COc2cccc(NC(=O)C3CC3)c2)CCC(C)CC1. The van der Waals surface area contributed by atoms with E-state index in [1.807, 2.05) is 0 Å². The molecule has 2 aliphatic rings. The zero-order valence-electron chi connectivity index (χ0n) is 16.5. The fraction of sp³-hybridized carbons (Fsp3) is 0.571. The number of ether oxygens (including phenoxy) is 2. The molecule has 1 aromatic carbocycles. The number of rotatable bonds is 7. The summed E-state index contributed by atoms with van der Waals surface area (Å²) in [4.78, 5) is 36.6. The first kappa shape index (κ1) is 20.2. The van der Waals surface area contributed by atoms with Crippen LogP contribution < -0.4 is 15.4 Å². The van der Waals surface area contributed by atoms with Crippen LogP contribution in [-0.4, -0.2) is 37.0 Å². The molecular formula is C21H28N2O5. The molecule has 1 aromatic rings. The van der Waals surface area contributed by atoms with E-state index < -0.39 is 11.5 Å². The van der Waals surface area contributed by atoms with Crippen molar-refractivity contribution < 1.29 is 23.9 Å². The second kappa shape index (κ2) is 8.63. The minimum Gasteiger partial charge on any atom is -0.484 e. The van der Waals surface area contributed by atoms with Gasteiger partial charge in [0.25, 0.3) is 5.91 Å². The average Bonchev–Trinajstić information content (AvgIpc) is 3.53. The van der Waals surface area contributed by atoms with Gasteiger partial charge in [-0.25, -0.2) is 4.79 Å².